The van der Waals surface area contributed by atoms with Crippen LogP contribution in [-0.2, 0) is 0 Å². The van der Waals surface area contributed by atoms with Gasteiger partial charge in [-0.3, -0.25) is 0 Å². The lowest BCUT2D eigenvalue weighted by atomic mass is 9.83. The smallest absolute Gasteiger partial charge is 0.0530 e. The molecule has 0 amide bonds. The standard InChI is InChI=1S/C8H14N2/c1-6-4-3-5-7(9)8(6,2)10/h3-5,7H,9-10H2,1-2H3. The van der Waals surface area contributed by atoms with Crippen LogP contribution in [0.2, 0.25) is 0 Å². The molecule has 10 heavy (non-hydrogen) atoms. The fourth-order valence-electron chi connectivity index (χ4n) is 0.962. The molecule has 2 nitrogen and oxygen atoms in total. The van der Waals surface area contributed by atoms with E-state index in [9.17, 15) is 0 Å². The summed E-state index contributed by atoms with van der Waals surface area (Å²) < 4.78 is 0. The van der Waals surface area contributed by atoms with Gasteiger partial charge in [0.15, 0.2) is 0 Å². The highest BCUT2D eigenvalue weighted by Gasteiger charge is 2.28. The Kier molecular flexibility index (Phi) is 1.67. The van der Waals surface area contributed by atoms with Crippen LogP contribution in [0.5, 0.6) is 0 Å². The predicted molar refractivity (Wildman–Crippen MR) is 43.5 cm³/mol. The Morgan fingerprint density at radius 2 is 2.20 bits per heavy atom. The maximum atomic E-state index is 5.92. The Morgan fingerprint density at radius 1 is 1.60 bits per heavy atom. The van der Waals surface area contributed by atoms with Crippen molar-refractivity contribution in [3.05, 3.63) is 23.8 Å². The molecule has 0 bridgehead atoms. The molecule has 0 aromatic heterocycles. The average Bonchev–Trinajstić information content (AvgIpc) is 1.84. The molecule has 0 heterocycles. The van der Waals surface area contributed by atoms with Crippen LogP contribution in [0.4, 0.5) is 0 Å². The van der Waals surface area contributed by atoms with E-state index in [2.05, 4.69) is 0 Å². The molecule has 1 aliphatic rings. The second kappa shape index (κ2) is 2.22. The number of hydrogen-bond acceptors (Lipinski definition) is 2. The predicted octanol–water partition coefficient (Wildman–Crippen LogP) is 0.547. The van der Waals surface area contributed by atoms with Crippen LogP contribution in [0.1, 0.15) is 13.8 Å². The van der Waals surface area contributed by atoms with Gasteiger partial charge in [-0.05, 0) is 13.8 Å². The fraction of sp³-hybridized carbons (Fsp3) is 0.500. The monoisotopic (exact) mass is 138 g/mol. The van der Waals surface area contributed by atoms with Crippen LogP contribution < -0.4 is 11.5 Å². The van der Waals surface area contributed by atoms with Gasteiger partial charge in [0.05, 0.1) is 5.54 Å². The van der Waals surface area contributed by atoms with Crippen LogP contribution >= 0.6 is 0 Å². The lowest BCUT2D eigenvalue weighted by Crippen LogP contribution is -2.53. The minimum atomic E-state index is -0.352. The Labute approximate surface area is 61.6 Å². The number of rotatable bonds is 0. The zero-order chi connectivity index (χ0) is 7.78. The van der Waals surface area contributed by atoms with Crippen LogP contribution in [0.15, 0.2) is 23.8 Å². The van der Waals surface area contributed by atoms with Crippen molar-refractivity contribution in [3.8, 4) is 0 Å². The van der Waals surface area contributed by atoms with E-state index >= 15 is 0 Å². The van der Waals surface area contributed by atoms with Crippen molar-refractivity contribution in [1.82, 2.24) is 0 Å². The van der Waals surface area contributed by atoms with Gasteiger partial charge in [0.1, 0.15) is 0 Å². The zero-order valence-corrected chi connectivity index (χ0v) is 6.46. The lowest BCUT2D eigenvalue weighted by molar-refractivity contribution is 0.485. The molecule has 0 radical (unpaired) electrons. The van der Waals surface area contributed by atoms with Crippen LogP contribution in [0.25, 0.3) is 0 Å². The molecule has 0 saturated heterocycles. The van der Waals surface area contributed by atoms with Crippen molar-refractivity contribution in [2.24, 2.45) is 11.5 Å². The Morgan fingerprint density at radius 3 is 2.60 bits per heavy atom. The number of nitrogens with two attached hydrogens (primary N) is 2. The van der Waals surface area contributed by atoms with E-state index in [1.54, 1.807) is 0 Å². The third-order valence-corrected chi connectivity index (χ3v) is 2.21. The van der Waals surface area contributed by atoms with Gasteiger partial charge in [0, 0.05) is 6.04 Å². The van der Waals surface area contributed by atoms with E-state index < -0.39 is 0 Å². The van der Waals surface area contributed by atoms with Gasteiger partial charge in [0.25, 0.3) is 0 Å². The Bertz CT molecular complexity index is 189. The topological polar surface area (TPSA) is 52.0 Å². The molecule has 1 rings (SSSR count). The van der Waals surface area contributed by atoms with Crippen molar-refractivity contribution >= 4 is 0 Å². The Hall–Kier alpha value is -0.600. The summed E-state index contributed by atoms with van der Waals surface area (Å²) in [6, 6.07) is -0.0440. The molecule has 2 heteroatoms. The summed E-state index contributed by atoms with van der Waals surface area (Å²) in [5, 5.41) is 0. The fourth-order valence-corrected chi connectivity index (χ4v) is 0.962. The van der Waals surface area contributed by atoms with Gasteiger partial charge in [-0.2, -0.15) is 0 Å². The molecule has 0 saturated carbocycles. The van der Waals surface area contributed by atoms with E-state index in [-0.39, 0.29) is 11.6 Å². The van der Waals surface area contributed by atoms with Crippen LogP contribution in [0.3, 0.4) is 0 Å². The second-order valence-electron chi connectivity index (χ2n) is 3.04. The minimum Gasteiger partial charge on any atom is -0.323 e. The number of hydrogen-bond donors (Lipinski definition) is 2. The highest BCUT2D eigenvalue weighted by atomic mass is 14.8. The average molecular weight is 138 g/mol. The van der Waals surface area contributed by atoms with E-state index in [0.29, 0.717) is 0 Å². The normalized spacial score (nSPS) is 39.6. The summed E-state index contributed by atoms with van der Waals surface area (Å²) in [5.41, 5.74) is 12.5. The molecule has 2 unspecified atom stereocenters. The van der Waals surface area contributed by atoms with Crippen LogP contribution in [-0.4, -0.2) is 11.6 Å². The first-order chi connectivity index (χ1) is 4.55. The first kappa shape index (κ1) is 7.51. The lowest BCUT2D eigenvalue weighted by Gasteiger charge is -2.32. The molecule has 0 aromatic carbocycles. The SMILES string of the molecule is CC1=CC=CC(N)C1(C)N. The highest BCUT2D eigenvalue weighted by molar-refractivity contribution is 5.31. The Balaban J connectivity index is 2.93. The molecule has 0 spiro atoms. The van der Waals surface area contributed by atoms with Crippen molar-refractivity contribution in [2.75, 3.05) is 0 Å². The van der Waals surface area contributed by atoms with Crippen LogP contribution in [0, 0.1) is 0 Å². The molecule has 56 valence electrons. The molecular formula is C8H14N2. The molecule has 0 aliphatic heterocycles. The number of allylic oxidation sites excluding steroid dienone is 2. The van der Waals surface area contributed by atoms with Gasteiger partial charge >= 0.3 is 0 Å². The highest BCUT2D eigenvalue weighted by Crippen LogP contribution is 2.20. The van der Waals surface area contributed by atoms with Crippen molar-refractivity contribution in [2.45, 2.75) is 25.4 Å². The molecule has 0 fully saturated rings. The van der Waals surface area contributed by atoms with E-state index in [1.165, 1.54) is 0 Å². The maximum absolute atomic E-state index is 5.92. The zero-order valence-electron chi connectivity index (χ0n) is 6.46. The van der Waals surface area contributed by atoms with E-state index in [4.69, 9.17) is 11.5 Å². The molecular weight excluding hydrogens is 124 g/mol. The summed E-state index contributed by atoms with van der Waals surface area (Å²) >= 11 is 0. The molecule has 0 aromatic rings. The first-order valence-corrected chi connectivity index (χ1v) is 3.45. The minimum absolute atomic E-state index is 0.0440. The van der Waals surface area contributed by atoms with Crippen molar-refractivity contribution in [3.63, 3.8) is 0 Å². The summed E-state index contributed by atoms with van der Waals surface area (Å²) in [7, 11) is 0. The third kappa shape index (κ3) is 1.00. The molecule has 4 N–H and O–H groups in total. The summed E-state index contributed by atoms with van der Waals surface area (Å²) in [4.78, 5) is 0. The summed E-state index contributed by atoms with van der Waals surface area (Å²) in [5.74, 6) is 0. The van der Waals surface area contributed by atoms with Gasteiger partial charge < -0.3 is 11.5 Å². The third-order valence-electron chi connectivity index (χ3n) is 2.21. The van der Waals surface area contributed by atoms with Gasteiger partial charge in [-0.15, -0.1) is 0 Å². The van der Waals surface area contributed by atoms with E-state index in [0.717, 1.165) is 5.57 Å². The van der Waals surface area contributed by atoms with E-state index in [1.807, 2.05) is 32.1 Å². The molecule has 1 aliphatic carbocycles. The summed E-state index contributed by atoms with van der Waals surface area (Å²) in [6.45, 7) is 3.95. The maximum Gasteiger partial charge on any atom is 0.0530 e. The van der Waals surface area contributed by atoms with Crippen molar-refractivity contribution in [1.29, 1.82) is 0 Å². The van der Waals surface area contributed by atoms with Crippen molar-refractivity contribution < 1.29 is 0 Å². The van der Waals surface area contributed by atoms with Gasteiger partial charge in [-0.1, -0.05) is 23.8 Å². The first-order valence-electron chi connectivity index (χ1n) is 3.45. The molecule has 2 atom stereocenters. The quantitative estimate of drug-likeness (QED) is 0.513. The van der Waals surface area contributed by atoms with Gasteiger partial charge in [0.2, 0.25) is 0 Å². The second-order valence-corrected chi connectivity index (χ2v) is 3.04. The largest absolute Gasteiger partial charge is 0.323 e. The van der Waals surface area contributed by atoms with Gasteiger partial charge in [-0.25, -0.2) is 0 Å². The summed E-state index contributed by atoms with van der Waals surface area (Å²) in [6.07, 6.45) is 5.88.